The number of alkyl carbamates (subject to hydrolysis) is 1. The van der Waals surface area contributed by atoms with E-state index in [0.29, 0.717) is 13.0 Å². The molecule has 23 heavy (non-hydrogen) atoms. The molecule has 1 heterocycles. The molecule has 0 radical (unpaired) electrons. The predicted octanol–water partition coefficient (Wildman–Crippen LogP) is 0.648. The number of nitrogens with zero attached hydrogens (tertiary/aromatic N) is 1. The number of carbonyl (C=O) groups excluding carboxylic acids is 3. The van der Waals surface area contributed by atoms with Gasteiger partial charge >= 0.3 is 6.09 Å². The van der Waals surface area contributed by atoms with Gasteiger partial charge < -0.3 is 20.3 Å². The van der Waals surface area contributed by atoms with Crippen molar-refractivity contribution in [3.8, 4) is 0 Å². The molecule has 0 unspecified atom stereocenters. The number of carbonyl (C=O) groups is 3. The third-order valence-corrected chi connectivity index (χ3v) is 3.77. The number of hydrogen-bond donors (Lipinski definition) is 2. The lowest BCUT2D eigenvalue weighted by Gasteiger charge is -2.40. The second-order valence-electron chi connectivity index (χ2n) is 5.38. The fourth-order valence-electron chi connectivity index (χ4n) is 2.34. The van der Waals surface area contributed by atoms with E-state index < -0.39 is 18.2 Å². The number of likely N-dealkylation sites (N-methyl/N-ethyl adjacent to an activating group) is 1. The fourth-order valence-corrected chi connectivity index (χ4v) is 2.34. The number of nitrogens with one attached hydrogen (secondary N) is 2. The van der Waals surface area contributed by atoms with Crippen molar-refractivity contribution in [2.24, 2.45) is 0 Å². The van der Waals surface area contributed by atoms with Gasteiger partial charge in [-0.25, -0.2) is 4.79 Å². The number of benzene rings is 1. The van der Waals surface area contributed by atoms with Crippen LogP contribution in [0.3, 0.4) is 0 Å². The van der Waals surface area contributed by atoms with Crippen molar-refractivity contribution in [2.75, 3.05) is 13.6 Å². The van der Waals surface area contributed by atoms with Crippen LogP contribution in [0.2, 0.25) is 0 Å². The molecular weight excluding hydrogens is 298 g/mol. The van der Waals surface area contributed by atoms with E-state index in [9.17, 15) is 14.4 Å². The molecule has 0 spiro atoms. The summed E-state index contributed by atoms with van der Waals surface area (Å²) in [5.41, 5.74) is 0.865. The SMILES string of the molecule is CNC(=O)[C@@H]1CCN1C(=O)[C@H](C)NC(=O)OCc1ccccc1. The molecule has 0 aromatic heterocycles. The first kappa shape index (κ1) is 16.8. The number of amides is 3. The largest absolute Gasteiger partial charge is 0.445 e. The first-order valence-corrected chi connectivity index (χ1v) is 7.52. The molecule has 2 N–H and O–H groups in total. The highest BCUT2D eigenvalue weighted by atomic mass is 16.5. The molecule has 1 aliphatic rings. The first-order chi connectivity index (χ1) is 11.0. The number of rotatable bonds is 5. The standard InChI is InChI=1S/C16H21N3O4/c1-11(15(21)19-9-8-13(19)14(20)17-2)18-16(22)23-10-12-6-4-3-5-7-12/h3-7,11,13H,8-10H2,1-2H3,(H,17,20)(H,18,22)/t11-,13-/m0/s1. The van der Waals surface area contributed by atoms with Gasteiger partial charge in [-0.2, -0.15) is 0 Å². The lowest BCUT2D eigenvalue weighted by molar-refractivity contribution is -0.148. The molecule has 3 amide bonds. The van der Waals surface area contributed by atoms with Gasteiger partial charge in [-0.1, -0.05) is 30.3 Å². The van der Waals surface area contributed by atoms with Gasteiger partial charge in [0.1, 0.15) is 18.7 Å². The topological polar surface area (TPSA) is 87.7 Å². The Morgan fingerprint density at radius 1 is 1.30 bits per heavy atom. The molecule has 0 saturated carbocycles. The van der Waals surface area contributed by atoms with E-state index in [-0.39, 0.29) is 18.4 Å². The van der Waals surface area contributed by atoms with E-state index in [4.69, 9.17) is 4.74 Å². The zero-order valence-electron chi connectivity index (χ0n) is 13.2. The third kappa shape index (κ3) is 4.21. The highest BCUT2D eigenvalue weighted by molar-refractivity contribution is 5.92. The Labute approximate surface area is 135 Å². The van der Waals surface area contributed by atoms with Crippen LogP contribution in [0.4, 0.5) is 4.79 Å². The average Bonchev–Trinajstić information content (AvgIpc) is 2.52. The van der Waals surface area contributed by atoms with Crippen LogP contribution in [-0.2, 0) is 20.9 Å². The Bertz CT molecular complexity index is 576. The van der Waals surface area contributed by atoms with Crippen molar-refractivity contribution >= 4 is 17.9 Å². The van der Waals surface area contributed by atoms with Crippen LogP contribution in [0.5, 0.6) is 0 Å². The Balaban J connectivity index is 1.79. The van der Waals surface area contributed by atoms with Crippen molar-refractivity contribution in [2.45, 2.75) is 32.0 Å². The zero-order valence-corrected chi connectivity index (χ0v) is 13.2. The summed E-state index contributed by atoms with van der Waals surface area (Å²) < 4.78 is 5.08. The summed E-state index contributed by atoms with van der Waals surface area (Å²) in [6, 6.07) is 8.08. The van der Waals surface area contributed by atoms with Crippen molar-refractivity contribution in [1.82, 2.24) is 15.5 Å². The van der Waals surface area contributed by atoms with E-state index in [1.807, 2.05) is 30.3 Å². The monoisotopic (exact) mass is 319 g/mol. The van der Waals surface area contributed by atoms with Crippen molar-refractivity contribution in [1.29, 1.82) is 0 Å². The smallest absolute Gasteiger partial charge is 0.408 e. The fraction of sp³-hybridized carbons (Fsp3) is 0.438. The van der Waals surface area contributed by atoms with E-state index in [1.54, 1.807) is 6.92 Å². The van der Waals surface area contributed by atoms with Gasteiger partial charge in [0.25, 0.3) is 0 Å². The van der Waals surface area contributed by atoms with Crippen LogP contribution in [0.25, 0.3) is 0 Å². The molecule has 1 aliphatic heterocycles. The van der Waals surface area contributed by atoms with Crippen LogP contribution in [-0.4, -0.2) is 48.5 Å². The van der Waals surface area contributed by atoms with Gasteiger partial charge in [0.05, 0.1) is 0 Å². The Morgan fingerprint density at radius 3 is 2.57 bits per heavy atom. The first-order valence-electron chi connectivity index (χ1n) is 7.52. The number of likely N-dealkylation sites (tertiary alicyclic amines) is 1. The second-order valence-corrected chi connectivity index (χ2v) is 5.38. The van der Waals surface area contributed by atoms with Crippen LogP contribution < -0.4 is 10.6 Å². The third-order valence-electron chi connectivity index (χ3n) is 3.77. The highest BCUT2D eigenvalue weighted by Gasteiger charge is 2.39. The minimum atomic E-state index is -0.745. The van der Waals surface area contributed by atoms with Crippen molar-refractivity contribution in [3.05, 3.63) is 35.9 Å². The summed E-state index contributed by atoms with van der Waals surface area (Å²) in [6.07, 6.45) is -0.0249. The summed E-state index contributed by atoms with van der Waals surface area (Å²) in [6.45, 7) is 2.23. The number of ether oxygens (including phenoxy) is 1. The normalized spacial score (nSPS) is 17.7. The van der Waals surface area contributed by atoms with Crippen LogP contribution >= 0.6 is 0 Å². The van der Waals surface area contributed by atoms with Crippen molar-refractivity contribution < 1.29 is 19.1 Å². The Kier molecular flexibility index (Phi) is 5.56. The molecule has 1 saturated heterocycles. The van der Waals surface area contributed by atoms with Gasteiger partial charge in [-0.15, -0.1) is 0 Å². The lowest BCUT2D eigenvalue weighted by Crippen LogP contribution is -2.61. The maximum atomic E-state index is 12.2. The zero-order chi connectivity index (χ0) is 16.8. The van der Waals surface area contributed by atoms with Gasteiger partial charge in [0.2, 0.25) is 11.8 Å². The molecule has 124 valence electrons. The minimum Gasteiger partial charge on any atom is -0.445 e. The van der Waals surface area contributed by atoms with Crippen molar-refractivity contribution in [3.63, 3.8) is 0 Å². The van der Waals surface area contributed by atoms with Gasteiger partial charge in [0, 0.05) is 13.6 Å². The quantitative estimate of drug-likeness (QED) is 0.834. The maximum absolute atomic E-state index is 12.2. The minimum absolute atomic E-state index is 0.137. The molecule has 0 bridgehead atoms. The van der Waals surface area contributed by atoms with Crippen LogP contribution in [0.1, 0.15) is 18.9 Å². The van der Waals surface area contributed by atoms with Gasteiger partial charge in [0.15, 0.2) is 0 Å². The maximum Gasteiger partial charge on any atom is 0.408 e. The molecule has 1 fully saturated rings. The molecule has 2 rings (SSSR count). The summed E-state index contributed by atoms with van der Waals surface area (Å²) >= 11 is 0. The Morgan fingerprint density at radius 2 is 2.00 bits per heavy atom. The molecule has 2 atom stereocenters. The highest BCUT2D eigenvalue weighted by Crippen LogP contribution is 2.18. The Hall–Kier alpha value is -2.57. The van der Waals surface area contributed by atoms with Gasteiger partial charge in [-0.3, -0.25) is 9.59 Å². The van der Waals surface area contributed by atoms with Crippen LogP contribution in [0.15, 0.2) is 30.3 Å². The number of hydrogen-bond acceptors (Lipinski definition) is 4. The molecular formula is C16H21N3O4. The van der Waals surface area contributed by atoms with E-state index in [1.165, 1.54) is 11.9 Å². The van der Waals surface area contributed by atoms with E-state index in [0.717, 1.165) is 5.56 Å². The van der Waals surface area contributed by atoms with Gasteiger partial charge in [-0.05, 0) is 18.9 Å². The summed E-state index contributed by atoms with van der Waals surface area (Å²) in [5.74, 6) is -0.482. The lowest BCUT2D eigenvalue weighted by atomic mass is 10.0. The van der Waals surface area contributed by atoms with Crippen LogP contribution in [0, 0.1) is 0 Å². The molecule has 1 aromatic carbocycles. The molecule has 0 aliphatic carbocycles. The molecule has 7 heteroatoms. The average molecular weight is 319 g/mol. The molecule has 7 nitrogen and oxygen atoms in total. The second kappa shape index (κ2) is 7.62. The summed E-state index contributed by atoms with van der Waals surface area (Å²) in [5, 5.41) is 5.02. The summed E-state index contributed by atoms with van der Waals surface area (Å²) in [7, 11) is 1.53. The summed E-state index contributed by atoms with van der Waals surface area (Å²) in [4.78, 5) is 37.0. The van der Waals surface area contributed by atoms with E-state index in [2.05, 4.69) is 10.6 Å². The predicted molar refractivity (Wildman–Crippen MR) is 83.4 cm³/mol. The van der Waals surface area contributed by atoms with E-state index >= 15 is 0 Å². The molecule has 1 aromatic rings.